The smallest absolute Gasteiger partial charge is 0.161 e. The standard InChI is InChI=1S/C30H38O5/c1-20-13-14-25-21(2)28(33-27-19-29(3)16-15-24(20)30(25,27)35-34-29)32-18-17-31-26-12-8-7-11-23(26)22-9-5-4-6-10-22/h4-12,20-21,24-25,27-28H,13-19H2,1-3H3/t20-,21-,24+,25+,27+,28-,29+,30-/m1/s1. The number of benzene rings is 2. The first kappa shape index (κ1) is 23.5. The highest BCUT2D eigenvalue weighted by Gasteiger charge is 2.68. The van der Waals surface area contributed by atoms with E-state index in [1.165, 1.54) is 6.42 Å². The minimum atomic E-state index is -0.335. The quantitative estimate of drug-likeness (QED) is 0.354. The van der Waals surface area contributed by atoms with E-state index in [4.69, 9.17) is 24.0 Å². The SMILES string of the molecule is C[C@H]1[C@H](OCCOc2ccccc2-c2ccccc2)O[C@H]2C[C@]3(C)CC[C@H]4[C@H](C)CC[C@@H]1[C@@]24OO3. The lowest BCUT2D eigenvalue weighted by Crippen LogP contribution is -2.69. The third kappa shape index (κ3) is 4.01. The highest BCUT2D eigenvalue weighted by atomic mass is 17.2. The van der Waals surface area contributed by atoms with E-state index in [0.717, 1.165) is 42.6 Å². The molecule has 1 spiro atoms. The van der Waals surface area contributed by atoms with Crippen LogP contribution in [0.4, 0.5) is 0 Å². The van der Waals surface area contributed by atoms with Gasteiger partial charge in [0.2, 0.25) is 0 Å². The number of ether oxygens (including phenoxy) is 3. The third-order valence-corrected chi connectivity index (χ3v) is 9.23. The van der Waals surface area contributed by atoms with Gasteiger partial charge in [-0.15, -0.1) is 0 Å². The largest absolute Gasteiger partial charge is 0.491 e. The first-order valence-corrected chi connectivity index (χ1v) is 13.4. The Bertz CT molecular complexity index is 1030. The molecule has 2 bridgehead atoms. The monoisotopic (exact) mass is 478 g/mol. The molecular formula is C30H38O5. The second-order valence-electron chi connectivity index (χ2n) is 11.4. The molecule has 2 aromatic carbocycles. The lowest BCUT2D eigenvalue weighted by atomic mass is 9.56. The lowest BCUT2D eigenvalue weighted by Gasteiger charge is -2.61. The predicted octanol–water partition coefficient (Wildman–Crippen LogP) is 6.42. The molecule has 188 valence electrons. The van der Waals surface area contributed by atoms with Crippen LogP contribution in [0.1, 0.15) is 52.9 Å². The zero-order chi connectivity index (χ0) is 24.0. The molecule has 5 nitrogen and oxygen atoms in total. The highest BCUT2D eigenvalue weighted by molar-refractivity contribution is 5.70. The summed E-state index contributed by atoms with van der Waals surface area (Å²) in [6, 6.07) is 18.5. The summed E-state index contributed by atoms with van der Waals surface area (Å²) in [5.41, 5.74) is 1.64. The average molecular weight is 479 g/mol. The van der Waals surface area contributed by atoms with Crippen LogP contribution in [0.5, 0.6) is 5.75 Å². The van der Waals surface area contributed by atoms with E-state index >= 15 is 0 Å². The summed E-state index contributed by atoms with van der Waals surface area (Å²) in [7, 11) is 0. The van der Waals surface area contributed by atoms with Crippen LogP contribution in [0.25, 0.3) is 11.1 Å². The van der Waals surface area contributed by atoms with E-state index in [-0.39, 0.29) is 29.5 Å². The predicted molar refractivity (Wildman–Crippen MR) is 134 cm³/mol. The normalized spacial score (nSPS) is 40.1. The maximum absolute atomic E-state index is 6.72. The maximum Gasteiger partial charge on any atom is 0.161 e. The fourth-order valence-electron chi connectivity index (χ4n) is 7.38. The van der Waals surface area contributed by atoms with E-state index in [0.29, 0.717) is 31.0 Å². The molecule has 2 aromatic rings. The van der Waals surface area contributed by atoms with Crippen molar-refractivity contribution in [3.05, 3.63) is 54.6 Å². The number of hydrogen-bond acceptors (Lipinski definition) is 5. The van der Waals surface area contributed by atoms with E-state index in [1.54, 1.807) is 0 Å². The fourth-order valence-corrected chi connectivity index (χ4v) is 7.38. The molecule has 3 aliphatic heterocycles. The molecule has 3 saturated heterocycles. The summed E-state index contributed by atoms with van der Waals surface area (Å²) in [6.07, 6.45) is 5.21. The van der Waals surface area contributed by atoms with Crippen LogP contribution in [-0.2, 0) is 19.2 Å². The number of fused-ring (bicyclic) bond motifs is 2. The van der Waals surface area contributed by atoms with Crippen molar-refractivity contribution in [2.45, 2.75) is 76.5 Å². The van der Waals surface area contributed by atoms with Crippen LogP contribution in [0, 0.1) is 23.7 Å². The van der Waals surface area contributed by atoms with E-state index in [9.17, 15) is 0 Å². The van der Waals surface area contributed by atoms with Crippen LogP contribution in [0.2, 0.25) is 0 Å². The van der Waals surface area contributed by atoms with Gasteiger partial charge >= 0.3 is 0 Å². The molecule has 5 aliphatic rings. The van der Waals surface area contributed by atoms with Gasteiger partial charge in [-0.2, -0.15) is 0 Å². The first-order valence-electron chi connectivity index (χ1n) is 13.4. The number of rotatable bonds is 6. The number of hydrogen-bond donors (Lipinski definition) is 0. The Morgan fingerprint density at radius 3 is 2.54 bits per heavy atom. The minimum absolute atomic E-state index is 0.0161. The van der Waals surface area contributed by atoms with Crippen molar-refractivity contribution in [3.63, 3.8) is 0 Å². The molecule has 7 rings (SSSR count). The van der Waals surface area contributed by atoms with Crippen molar-refractivity contribution in [1.29, 1.82) is 0 Å². The van der Waals surface area contributed by atoms with Crippen molar-refractivity contribution in [2.75, 3.05) is 13.2 Å². The Labute approximate surface area is 209 Å². The molecule has 0 radical (unpaired) electrons. The van der Waals surface area contributed by atoms with Gasteiger partial charge in [0, 0.05) is 23.8 Å². The van der Waals surface area contributed by atoms with Gasteiger partial charge in [-0.3, -0.25) is 0 Å². The molecular weight excluding hydrogens is 440 g/mol. The van der Waals surface area contributed by atoms with Crippen molar-refractivity contribution in [1.82, 2.24) is 0 Å². The Kier molecular flexibility index (Phi) is 6.16. The van der Waals surface area contributed by atoms with Gasteiger partial charge in [-0.1, -0.05) is 62.4 Å². The first-order chi connectivity index (χ1) is 17.0. The molecule has 2 saturated carbocycles. The lowest BCUT2D eigenvalue weighted by molar-refractivity contribution is -0.495. The molecule has 5 heteroatoms. The molecule has 0 aromatic heterocycles. The molecule has 5 fully saturated rings. The van der Waals surface area contributed by atoms with Gasteiger partial charge in [-0.05, 0) is 56.1 Å². The summed E-state index contributed by atoms with van der Waals surface area (Å²) < 4.78 is 19.3. The molecule has 3 heterocycles. The third-order valence-electron chi connectivity index (χ3n) is 9.23. The van der Waals surface area contributed by atoms with Crippen LogP contribution in [0.15, 0.2) is 54.6 Å². The Hall–Kier alpha value is -1.92. The van der Waals surface area contributed by atoms with E-state index in [1.807, 2.05) is 24.3 Å². The minimum Gasteiger partial charge on any atom is -0.491 e. The van der Waals surface area contributed by atoms with E-state index < -0.39 is 0 Å². The van der Waals surface area contributed by atoms with Crippen LogP contribution >= 0.6 is 0 Å². The van der Waals surface area contributed by atoms with Gasteiger partial charge in [0.05, 0.1) is 12.7 Å². The molecule has 0 N–H and O–H groups in total. The van der Waals surface area contributed by atoms with Crippen molar-refractivity contribution >= 4 is 0 Å². The van der Waals surface area contributed by atoms with Crippen LogP contribution < -0.4 is 4.74 Å². The summed E-state index contributed by atoms with van der Waals surface area (Å²) in [5, 5.41) is 0. The topological polar surface area (TPSA) is 46.2 Å². The zero-order valence-electron chi connectivity index (χ0n) is 21.2. The number of para-hydroxylation sites is 1. The second kappa shape index (κ2) is 9.19. The molecule has 8 atom stereocenters. The fraction of sp³-hybridized carbons (Fsp3) is 0.600. The van der Waals surface area contributed by atoms with Crippen molar-refractivity contribution < 1.29 is 24.0 Å². The Balaban J connectivity index is 1.13. The van der Waals surface area contributed by atoms with E-state index in [2.05, 4.69) is 51.1 Å². The average Bonchev–Trinajstić information content (AvgIpc) is 3.11. The summed E-state index contributed by atoms with van der Waals surface area (Å²) in [6.45, 7) is 7.79. The summed E-state index contributed by atoms with van der Waals surface area (Å²) in [4.78, 5) is 12.5. The summed E-state index contributed by atoms with van der Waals surface area (Å²) in [5.74, 6) is 2.61. The van der Waals surface area contributed by atoms with Crippen LogP contribution in [0.3, 0.4) is 0 Å². The van der Waals surface area contributed by atoms with Crippen molar-refractivity contribution in [2.24, 2.45) is 23.7 Å². The van der Waals surface area contributed by atoms with Gasteiger partial charge < -0.3 is 14.2 Å². The molecule has 2 aliphatic carbocycles. The molecule has 35 heavy (non-hydrogen) atoms. The van der Waals surface area contributed by atoms with Gasteiger partial charge in [0.1, 0.15) is 23.6 Å². The van der Waals surface area contributed by atoms with Gasteiger partial charge in [-0.25, -0.2) is 9.78 Å². The van der Waals surface area contributed by atoms with Crippen LogP contribution in [-0.4, -0.2) is 36.8 Å². The second-order valence-corrected chi connectivity index (χ2v) is 11.4. The van der Waals surface area contributed by atoms with Gasteiger partial charge in [0.25, 0.3) is 0 Å². The summed E-state index contributed by atoms with van der Waals surface area (Å²) >= 11 is 0. The Morgan fingerprint density at radius 2 is 1.69 bits per heavy atom. The Morgan fingerprint density at radius 1 is 0.886 bits per heavy atom. The maximum atomic E-state index is 6.72. The highest BCUT2D eigenvalue weighted by Crippen LogP contribution is 2.61. The van der Waals surface area contributed by atoms with Crippen molar-refractivity contribution in [3.8, 4) is 16.9 Å². The van der Waals surface area contributed by atoms with Gasteiger partial charge in [0.15, 0.2) is 6.29 Å². The zero-order valence-corrected chi connectivity index (χ0v) is 21.2. The molecule has 0 amide bonds. The molecule has 0 unspecified atom stereocenters.